The summed E-state index contributed by atoms with van der Waals surface area (Å²) in [7, 11) is -0.425. The van der Waals surface area contributed by atoms with Gasteiger partial charge in [0.15, 0.2) is 10.7 Å². The average Bonchev–Trinajstić information content (AvgIpc) is 3.32. The van der Waals surface area contributed by atoms with Crippen molar-refractivity contribution in [1.82, 2.24) is 39.3 Å². The number of benzene rings is 1. The van der Waals surface area contributed by atoms with Gasteiger partial charge in [-0.1, -0.05) is 17.4 Å². The molecule has 1 aliphatic carbocycles. The highest BCUT2D eigenvalue weighted by Crippen LogP contribution is 2.40. The number of amides is 2. The van der Waals surface area contributed by atoms with E-state index >= 15 is 0 Å². The largest absolute Gasteiger partial charge is 0.349 e. The molecule has 0 bridgehead atoms. The second kappa shape index (κ2) is 10.1. The Labute approximate surface area is 245 Å². The van der Waals surface area contributed by atoms with Gasteiger partial charge in [0, 0.05) is 50.2 Å². The van der Waals surface area contributed by atoms with Crippen molar-refractivity contribution in [3.63, 3.8) is 0 Å². The number of halogens is 2. The summed E-state index contributed by atoms with van der Waals surface area (Å²) >= 11 is 0.713. The number of alkyl halides is 2. The molecule has 6 rings (SSSR count). The van der Waals surface area contributed by atoms with Crippen molar-refractivity contribution in [2.45, 2.75) is 62.6 Å². The third kappa shape index (κ3) is 4.84. The maximum Gasteiger partial charge on any atom is 0.319 e. The Balaban J connectivity index is 1.53. The van der Waals surface area contributed by atoms with E-state index in [2.05, 4.69) is 29.8 Å². The van der Waals surface area contributed by atoms with E-state index < -0.39 is 27.0 Å². The summed E-state index contributed by atoms with van der Waals surface area (Å²) in [5.41, 5.74) is 0.331. The molecule has 4 aromatic rings. The van der Waals surface area contributed by atoms with Gasteiger partial charge in [0.2, 0.25) is 15.2 Å². The number of urea groups is 1. The van der Waals surface area contributed by atoms with Crippen LogP contribution in [0.1, 0.15) is 45.0 Å². The summed E-state index contributed by atoms with van der Waals surface area (Å²) in [6.07, 6.45) is 0.0827. The summed E-state index contributed by atoms with van der Waals surface area (Å²) in [5, 5.41) is 8.62. The number of rotatable bonds is 6. The molecule has 42 heavy (non-hydrogen) atoms. The molecule has 16 heteroatoms. The molecule has 2 aliphatic rings. The molecule has 12 nitrogen and oxygen atoms in total. The maximum absolute atomic E-state index is 13.5. The Morgan fingerprint density at radius 1 is 1.14 bits per heavy atom. The molecule has 1 saturated heterocycles. The van der Waals surface area contributed by atoms with Crippen LogP contribution in [0.5, 0.6) is 0 Å². The highest BCUT2D eigenvalue weighted by molar-refractivity contribution is 7.89. The third-order valence-corrected chi connectivity index (χ3v) is 10.4. The van der Waals surface area contributed by atoms with Crippen LogP contribution in [-0.4, -0.2) is 93.8 Å². The summed E-state index contributed by atoms with van der Waals surface area (Å²) in [4.78, 5) is 27.5. The molecule has 0 unspecified atom stereocenters. The molecule has 1 aliphatic heterocycles. The zero-order chi connectivity index (χ0) is 30.1. The third-order valence-electron chi connectivity index (χ3n) is 7.88. The van der Waals surface area contributed by atoms with E-state index in [1.54, 1.807) is 29.6 Å². The predicted octanol–water partition coefficient (Wildman–Crippen LogP) is 3.77. The average molecular weight is 620 g/mol. The first kappa shape index (κ1) is 28.6. The smallest absolute Gasteiger partial charge is 0.319 e. The molecule has 2 amide bonds. The van der Waals surface area contributed by atoms with Gasteiger partial charge in [-0.3, -0.25) is 4.57 Å². The quantitative estimate of drug-likeness (QED) is 0.345. The molecule has 0 radical (unpaired) electrons. The topological polar surface area (TPSA) is 129 Å². The van der Waals surface area contributed by atoms with Crippen molar-refractivity contribution in [3.8, 4) is 5.13 Å². The van der Waals surface area contributed by atoms with Gasteiger partial charge in [-0.25, -0.2) is 36.7 Å². The second-order valence-corrected chi connectivity index (χ2v) is 14.1. The van der Waals surface area contributed by atoms with Gasteiger partial charge in [-0.05, 0) is 45.7 Å². The highest BCUT2D eigenvalue weighted by atomic mass is 32.2. The van der Waals surface area contributed by atoms with E-state index in [1.165, 1.54) is 18.5 Å². The fourth-order valence-corrected chi connectivity index (χ4v) is 7.60. The number of anilines is 1. The van der Waals surface area contributed by atoms with Crippen molar-refractivity contribution < 1.29 is 22.0 Å². The number of nitrogens with one attached hydrogen (secondary N) is 1. The number of hydrogen-bond donors (Lipinski definition) is 1. The normalized spacial score (nSPS) is 20.6. The first-order chi connectivity index (χ1) is 19.8. The Hall–Kier alpha value is -3.50. The van der Waals surface area contributed by atoms with Gasteiger partial charge in [-0.15, -0.1) is 10.2 Å². The van der Waals surface area contributed by atoms with Crippen LogP contribution in [0.25, 0.3) is 27.1 Å². The van der Waals surface area contributed by atoms with Crippen molar-refractivity contribution in [2.24, 2.45) is 0 Å². The van der Waals surface area contributed by atoms with E-state index in [-0.39, 0.29) is 28.1 Å². The molecule has 1 aromatic carbocycles. The summed E-state index contributed by atoms with van der Waals surface area (Å²) in [6.45, 7) is 6.78. The van der Waals surface area contributed by atoms with Crippen LogP contribution in [0.4, 0.5) is 19.4 Å². The Kier molecular flexibility index (Phi) is 6.85. The SMILES string of the molecule is C[C@@H]1CN(C(=O)N(C)C)[C@@H](C)CN1c1ncnc2c1c1ccc(S(=O)(=O)NC3(C)CC3)cc1n2-c1nnc(C(F)F)s1. The van der Waals surface area contributed by atoms with E-state index in [1.807, 2.05) is 25.7 Å². The Morgan fingerprint density at radius 2 is 1.88 bits per heavy atom. The molecule has 1 saturated carbocycles. The minimum Gasteiger partial charge on any atom is -0.349 e. The molecular formula is C26H31F2N9O3S2. The summed E-state index contributed by atoms with van der Waals surface area (Å²) in [5.74, 6) is 0.595. The minimum atomic E-state index is -3.86. The van der Waals surface area contributed by atoms with Crippen LogP contribution in [0, 0.1) is 0 Å². The van der Waals surface area contributed by atoms with Crippen LogP contribution < -0.4 is 9.62 Å². The van der Waals surface area contributed by atoms with Gasteiger partial charge < -0.3 is 14.7 Å². The van der Waals surface area contributed by atoms with Crippen molar-refractivity contribution in [2.75, 3.05) is 32.1 Å². The van der Waals surface area contributed by atoms with Gasteiger partial charge in [0.25, 0.3) is 6.43 Å². The Morgan fingerprint density at radius 3 is 2.52 bits per heavy atom. The summed E-state index contributed by atoms with van der Waals surface area (Å²) in [6, 6.07) is 4.42. The first-order valence-corrected chi connectivity index (χ1v) is 15.8. The fraction of sp³-hybridized carbons (Fsp3) is 0.500. The second-order valence-electron chi connectivity index (χ2n) is 11.5. The fourth-order valence-electron chi connectivity index (χ4n) is 5.40. The lowest BCUT2D eigenvalue weighted by Gasteiger charge is -2.45. The van der Waals surface area contributed by atoms with Crippen LogP contribution >= 0.6 is 11.3 Å². The molecule has 0 spiro atoms. The van der Waals surface area contributed by atoms with E-state index in [9.17, 15) is 22.0 Å². The first-order valence-electron chi connectivity index (χ1n) is 13.5. The van der Waals surface area contributed by atoms with Crippen LogP contribution in [0.15, 0.2) is 29.4 Å². The number of piperazine rings is 1. The van der Waals surface area contributed by atoms with E-state index in [0.717, 1.165) is 12.8 Å². The molecule has 3 aromatic heterocycles. The monoisotopic (exact) mass is 619 g/mol. The lowest BCUT2D eigenvalue weighted by atomic mass is 10.1. The number of hydrogen-bond acceptors (Lipinski definition) is 9. The van der Waals surface area contributed by atoms with Crippen LogP contribution in [0.3, 0.4) is 0 Å². The highest BCUT2D eigenvalue weighted by Gasteiger charge is 2.41. The number of sulfonamides is 1. The number of carbonyl (C=O) groups is 1. The zero-order valence-electron chi connectivity index (χ0n) is 23.7. The standard InChI is InChI=1S/C26H31F2N9O3S2/c1-14-12-36(25(38)34(4)5)15(2)11-35(14)21-19-17-7-6-16(42(39,40)33-26(3)8-9-26)10-18(17)37(22(19)30-13-29-21)24-32-31-23(41-24)20(27)28/h6-7,10,13-15,20,33H,8-9,11-12H2,1-5H3/t14-,15+/m1/s1. The number of nitrogens with zero attached hydrogens (tertiary/aromatic N) is 8. The minimum absolute atomic E-state index is 0.0399. The maximum atomic E-state index is 13.5. The molecule has 4 heterocycles. The predicted molar refractivity (Wildman–Crippen MR) is 155 cm³/mol. The van der Waals surface area contributed by atoms with E-state index in [4.69, 9.17) is 0 Å². The van der Waals surface area contributed by atoms with Crippen LogP contribution in [0.2, 0.25) is 0 Å². The van der Waals surface area contributed by atoms with Crippen molar-refractivity contribution >= 4 is 55.1 Å². The molecule has 2 fully saturated rings. The van der Waals surface area contributed by atoms with Crippen molar-refractivity contribution in [1.29, 1.82) is 0 Å². The van der Waals surface area contributed by atoms with Crippen molar-refractivity contribution in [3.05, 3.63) is 29.5 Å². The van der Waals surface area contributed by atoms with Gasteiger partial charge >= 0.3 is 6.03 Å². The zero-order valence-corrected chi connectivity index (χ0v) is 25.4. The van der Waals surface area contributed by atoms with E-state index in [0.29, 0.717) is 52.2 Å². The Bertz CT molecular complexity index is 1800. The lowest BCUT2D eigenvalue weighted by Crippen LogP contribution is -2.60. The summed E-state index contributed by atoms with van der Waals surface area (Å²) < 4.78 is 57.9. The van der Waals surface area contributed by atoms with Gasteiger partial charge in [0.05, 0.1) is 15.8 Å². The lowest BCUT2D eigenvalue weighted by molar-refractivity contribution is 0.137. The number of fused-ring (bicyclic) bond motifs is 3. The van der Waals surface area contributed by atoms with Gasteiger partial charge in [-0.2, -0.15) is 0 Å². The molecule has 2 atom stereocenters. The van der Waals surface area contributed by atoms with Crippen LogP contribution in [-0.2, 0) is 10.0 Å². The number of carbonyl (C=O) groups excluding carboxylic acids is 1. The molecule has 1 N–H and O–H groups in total. The number of aromatic nitrogens is 5. The van der Waals surface area contributed by atoms with Gasteiger partial charge in [0.1, 0.15) is 12.1 Å². The molecule has 224 valence electrons. The molecular weight excluding hydrogens is 588 g/mol.